The summed E-state index contributed by atoms with van der Waals surface area (Å²) in [7, 11) is 0. The molecule has 0 aliphatic heterocycles. The van der Waals surface area contributed by atoms with Gasteiger partial charge in [-0.3, -0.25) is 0 Å². The van der Waals surface area contributed by atoms with Crippen molar-refractivity contribution in [3.63, 3.8) is 0 Å². The van der Waals surface area contributed by atoms with Crippen molar-refractivity contribution in [1.29, 1.82) is 0 Å². The van der Waals surface area contributed by atoms with Gasteiger partial charge in [0.15, 0.2) is 0 Å². The third-order valence-electron chi connectivity index (χ3n) is 4.84. The van der Waals surface area contributed by atoms with E-state index in [1.807, 2.05) is 6.20 Å². The number of imidazole rings is 1. The lowest BCUT2D eigenvalue weighted by Gasteiger charge is -2.12. The monoisotopic (exact) mass is 332 g/mol. The summed E-state index contributed by atoms with van der Waals surface area (Å²) in [5.41, 5.74) is 6.11. The number of aromatic amines is 1. The van der Waals surface area contributed by atoms with Gasteiger partial charge in [0, 0.05) is 5.92 Å². The van der Waals surface area contributed by atoms with Crippen LogP contribution in [0.25, 0.3) is 22.4 Å². The molecule has 0 aliphatic rings. The van der Waals surface area contributed by atoms with Crippen molar-refractivity contribution in [3.05, 3.63) is 66.1 Å². The Balaban J connectivity index is 1.79. The number of hydrogen-bond donors (Lipinski definition) is 1. The molecule has 0 bridgehead atoms. The fourth-order valence-corrected chi connectivity index (χ4v) is 3.39. The fourth-order valence-electron chi connectivity index (χ4n) is 3.39. The SMILES string of the molecule is CCCC(CCC)c1ncc(-c2ccc(-c3ccc(C)cc3)cc2)[nH]1. The molecule has 2 heteroatoms. The highest BCUT2D eigenvalue weighted by molar-refractivity contribution is 5.68. The predicted octanol–water partition coefficient (Wildman–Crippen LogP) is 6.74. The molecule has 1 N–H and O–H groups in total. The molecule has 130 valence electrons. The summed E-state index contributed by atoms with van der Waals surface area (Å²) in [6, 6.07) is 17.4. The molecular formula is C23H28N2. The molecule has 0 atom stereocenters. The summed E-state index contributed by atoms with van der Waals surface area (Å²) >= 11 is 0. The zero-order valence-corrected chi connectivity index (χ0v) is 15.5. The molecular weight excluding hydrogens is 304 g/mol. The van der Waals surface area contributed by atoms with Gasteiger partial charge in [-0.25, -0.2) is 4.98 Å². The molecule has 2 nitrogen and oxygen atoms in total. The maximum atomic E-state index is 4.66. The Kier molecular flexibility index (Phi) is 5.70. The van der Waals surface area contributed by atoms with Crippen LogP contribution >= 0.6 is 0 Å². The van der Waals surface area contributed by atoms with Gasteiger partial charge in [0.25, 0.3) is 0 Å². The highest BCUT2D eigenvalue weighted by Crippen LogP contribution is 2.28. The number of H-pyrrole nitrogens is 1. The van der Waals surface area contributed by atoms with Crippen LogP contribution in [-0.4, -0.2) is 9.97 Å². The van der Waals surface area contributed by atoms with Gasteiger partial charge in [-0.2, -0.15) is 0 Å². The van der Waals surface area contributed by atoms with E-state index in [1.54, 1.807) is 0 Å². The van der Waals surface area contributed by atoms with E-state index in [0.717, 1.165) is 11.5 Å². The van der Waals surface area contributed by atoms with Crippen molar-refractivity contribution in [1.82, 2.24) is 9.97 Å². The standard InChI is InChI=1S/C23H28N2/c1-4-6-21(7-5-2)23-24-16-22(25-23)20-14-12-19(13-15-20)18-10-8-17(3)9-11-18/h8-16,21H,4-7H2,1-3H3,(H,24,25). The first-order valence-electron chi connectivity index (χ1n) is 9.43. The lowest BCUT2D eigenvalue weighted by Crippen LogP contribution is -2.00. The van der Waals surface area contributed by atoms with Crippen LogP contribution in [0.15, 0.2) is 54.7 Å². The maximum absolute atomic E-state index is 4.66. The molecule has 1 heterocycles. The highest BCUT2D eigenvalue weighted by Gasteiger charge is 2.14. The van der Waals surface area contributed by atoms with Gasteiger partial charge in [0.2, 0.25) is 0 Å². The zero-order chi connectivity index (χ0) is 17.6. The van der Waals surface area contributed by atoms with Crippen molar-refractivity contribution < 1.29 is 0 Å². The number of nitrogens with zero attached hydrogens (tertiary/aromatic N) is 1. The van der Waals surface area contributed by atoms with Crippen LogP contribution in [0.5, 0.6) is 0 Å². The Morgan fingerprint density at radius 3 is 1.88 bits per heavy atom. The van der Waals surface area contributed by atoms with Crippen LogP contribution in [0, 0.1) is 6.92 Å². The maximum Gasteiger partial charge on any atom is 0.109 e. The summed E-state index contributed by atoms with van der Waals surface area (Å²) in [5, 5.41) is 0. The predicted molar refractivity (Wildman–Crippen MR) is 107 cm³/mol. The van der Waals surface area contributed by atoms with Crippen LogP contribution < -0.4 is 0 Å². The molecule has 0 aliphatic carbocycles. The van der Waals surface area contributed by atoms with E-state index in [9.17, 15) is 0 Å². The summed E-state index contributed by atoms with van der Waals surface area (Å²) in [4.78, 5) is 8.22. The second-order valence-corrected chi connectivity index (χ2v) is 6.90. The number of hydrogen-bond acceptors (Lipinski definition) is 1. The lowest BCUT2D eigenvalue weighted by molar-refractivity contribution is 0.538. The van der Waals surface area contributed by atoms with E-state index in [1.165, 1.54) is 47.9 Å². The van der Waals surface area contributed by atoms with Crippen molar-refractivity contribution in [3.8, 4) is 22.4 Å². The van der Waals surface area contributed by atoms with E-state index >= 15 is 0 Å². The number of nitrogens with one attached hydrogen (secondary N) is 1. The molecule has 0 saturated heterocycles. The van der Waals surface area contributed by atoms with Crippen LogP contribution in [0.4, 0.5) is 0 Å². The largest absolute Gasteiger partial charge is 0.342 e. The van der Waals surface area contributed by atoms with Crippen molar-refractivity contribution in [2.75, 3.05) is 0 Å². The Morgan fingerprint density at radius 2 is 1.32 bits per heavy atom. The van der Waals surface area contributed by atoms with Gasteiger partial charge in [-0.15, -0.1) is 0 Å². The van der Waals surface area contributed by atoms with E-state index in [2.05, 4.69) is 79.3 Å². The molecule has 0 amide bonds. The molecule has 0 spiro atoms. The van der Waals surface area contributed by atoms with Gasteiger partial charge in [-0.05, 0) is 36.5 Å². The second kappa shape index (κ2) is 8.15. The molecule has 0 saturated carbocycles. The van der Waals surface area contributed by atoms with Crippen LogP contribution in [0.1, 0.15) is 56.8 Å². The Hall–Kier alpha value is -2.35. The minimum atomic E-state index is 0.551. The first kappa shape index (κ1) is 17.5. The van der Waals surface area contributed by atoms with Crippen molar-refractivity contribution >= 4 is 0 Å². The lowest BCUT2D eigenvalue weighted by atomic mass is 9.98. The van der Waals surface area contributed by atoms with Crippen LogP contribution in [0.2, 0.25) is 0 Å². The quantitative estimate of drug-likeness (QED) is 0.510. The first-order valence-corrected chi connectivity index (χ1v) is 9.43. The van der Waals surface area contributed by atoms with Gasteiger partial charge < -0.3 is 4.98 Å². The van der Waals surface area contributed by atoms with E-state index in [4.69, 9.17) is 0 Å². The van der Waals surface area contributed by atoms with E-state index in [-0.39, 0.29) is 0 Å². The molecule has 0 radical (unpaired) electrons. The van der Waals surface area contributed by atoms with Gasteiger partial charge in [0.05, 0.1) is 11.9 Å². The number of aromatic nitrogens is 2. The third kappa shape index (κ3) is 4.19. The van der Waals surface area contributed by atoms with Gasteiger partial charge >= 0.3 is 0 Å². The number of rotatable bonds is 7. The molecule has 2 aromatic carbocycles. The average molecular weight is 332 g/mol. The number of aryl methyl sites for hydroxylation is 1. The normalized spacial score (nSPS) is 11.2. The molecule has 0 unspecified atom stereocenters. The van der Waals surface area contributed by atoms with Crippen LogP contribution in [0.3, 0.4) is 0 Å². The van der Waals surface area contributed by atoms with Crippen molar-refractivity contribution in [2.24, 2.45) is 0 Å². The molecule has 1 aromatic heterocycles. The second-order valence-electron chi connectivity index (χ2n) is 6.90. The number of benzene rings is 2. The molecule has 3 rings (SSSR count). The average Bonchev–Trinajstić information content (AvgIpc) is 3.12. The van der Waals surface area contributed by atoms with Crippen LogP contribution in [-0.2, 0) is 0 Å². The summed E-state index contributed by atoms with van der Waals surface area (Å²) < 4.78 is 0. The third-order valence-corrected chi connectivity index (χ3v) is 4.84. The summed E-state index contributed by atoms with van der Waals surface area (Å²) in [6.07, 6.45) is 6.78. The van der Waals surface area contributed by atoms with Crippen molar-refractivity contribution in [2.45, 2.75) is 52.4 Å². The topological polar surface area (TPSA) is 28.7 Å². The van der Waals surface area contributed by atoms with E-state index < -0.39 is 0 Å². The van der Waals surface area contributed by atoms with Gasteiger partial charge in [-0.1, -0.05) is 80.8 Å². The summed E-state index contributed by atoms with van der Waals surface area (Å²) in [5.74, 6) is 1.69. The Morgan fingerprint density at radius 1 is 0.800 bits per heavy atom. The van der Waals surface area contributed by atoms with Gasteiger partial charge in [0.1, 0.15) is 5.82 Å². The molecule has 25 heavy (non-hydrogen) atoms. The fraction of sp³-hybridized carbons (Fsp3) is 0.348. The molecule has 3 aromatic rings. The van der Waals surface area contributed by atoms with E-state index in [0.29, 0.717) is 5.92 Å². The minimum Gasteiger partial charge on any atom is -0.342 e. The summed E-state index contributed by atoms with van der Waals surface area (Å²) in [6.45, 7) is 6.61. The first-order chi connectivity index (χ1) is 12.2. The minimum absolute atomic E-state index is 0.551. The zero-order valence-electron chi connectivity index (χ0n) is 15.5. The smallest absolute Gasteiger partial charge is 0.109 e. The Labute approximate surface area is 151 Å². The Bertz CT molecular complexity index is 776. The molecule has 0 fully saturated rings. The highest BCUT2D eigenvalue weighted by atomic mass is 14.9.